The Balaban J connectivity index is 2.28. The first kappa shape index (κ1) is 13.1. The van der Waals surface area contributed by atoms with Crippen LogP contribution in [0.2, 0.25) is 0 Å². The zero-order chi connectivity index (χ0) is 13.1. The lowest BCUT2D eigenvalue weighted by Gasteiger charge is -2.02. The Morgan fingerprint density at radius 1 is 1.50 bits per heavy atom. The largest absolute Gasteiger partial charge is 0.451 e. The Morgan fingerprint density at radius 2 is 2.28 bits per heavy atom. The topological polar surface area (TPSA) is 51.5 Å². The average molecular weight is 312 g/mol. The molecule has 18 heavy (non-hydrogen) atoms. The zero-order valence-electron chi connectivity index (χ0n) is 10.2. The number of carbonyl (C=O) groups excluding carboxylic acids is 1. The van der Waals surface area contributed by atoms with Crippen LogP contribution >= 0.6 is 15.9 Å². The monoisotopic (exact) mass is 311 g/mol. The molecule has 4 nitrogen and oxygen atoms in total. The van der Waals surface area contributed by atoms with Crippen LogP contribution in [0.1, 0.15) is 16.1 Å². The fraction of sp³-hybridized carbons (Fsp3) is 0.308. The van der Waals surface area contributed by atoms with Crippen LogP contribution in [0, 0.1) is 6.92 Å². The van der Waals surface area contributed by atoms with E-state index in [1.807, 2.05) is 25.1 Å². The lowest BCUT2D eigenvalue weighted by Crippen LogP contribution is -2.27. The van der Waals surface area contributed by atoms with Crippen LogP contribution in [-0.4, -0.2) is 26.2 Å². The number of nitrogens with one attached hydrogen (secondary N) is 1. The first-order valence-corrected chi connectivity index (χ1v) is 6.38. The summed E-state index contributed by atoms with van der Waals surface area (Å²) >= 11 is 3.38. The number of ether oxygens (including phenoxy) is 1. The molecule has 0 bridgehead atoms. The van der Waals surface area contributed by atoms with Gasteiger partial charge in [0.15, 0.2) is 5.76 Å². The molecule has 0 saturated heterocycles. The molecule has 0 aliphatic heterocycles. The van der Waals surface area contributed by atoms with E-state index in [1.54, 1.807) is 7.11 Å². The minimum atomic E-state index is -0.211. The number of benzene rings is 1. The summed E-state index contributed by atoms with van der Waals surface area (Å²) in [7, 11) is 1.59. The van der Waals surface area contributed by atoms with Gasteiger partial charge in [0.2, 0.25) is 0 Å². The summed E-state index contributed by atoms with van der Waals surface area (Å²) in [5.74, 6) is 0.149. The standard InChI is InChI=1S/C13H14BrNO3/c1-8-10-4-3-9(14)7-11(10)18-12(8)13(16)15-5-6-17-2/h3-4,7H,5-6H2,1-2H3,(H,15,16). The molecule has 1 aromatic carbocycles. The molecule has 0 aliphatic carbocycles. The quantitative estimate of drug-likeness (QED) is 0.883. The second kappa shape index (κ2) is 5.54. The number of amides is 1. The number of hydrogen-bond acceptors (Lipinski definition) is 3. The molecule has 96 valence electrons. The molecule has 5 heteroatoms. The fourth-order valence-corrected chi connectivity index (χ4v) is 2.10. The molecule has 2 rings (SSSR count). The normalized spacial score (nSPS) is 10.8. The van der Waals surface area contributed by atoms with Gasteiger partial charge < -0.3 is 14.5 Å². The maximum Gasteiger partial charge on any atom is 0.287 e. The SMILES string of the molecule is COCCNC(=O)c1oc2cc(Br)ccc2c1C. The van der Waals surface area contributed by atoms with Gasteiger partial charge in [0.1, 0.15) is 5.58 Å². The van der Waals surface area contributed by atoms with Crippen molar-refractivity contribution < 1.29 is 13.9 Å². The van der Waals surface area contributed by atoms with Crippen LogP contribution in [0.3, 0.4) is 0 Å². The third-order valence-corrected chi connectivity index (χ3v) is 3.19. The number of hydrogen-bond donors (Lipinski definition) is 1. The number of carbonyl (C=O) groups is 1. The van der Waals surface area contributed by atoms with E-state index in [-0.39, 0.29) is 5.91 Å². The predicted molar refractivity (Wildman–Crippen MR) is 72.9 cm³/mol. The van der Waals surface area contributed by atoms with Gasteiger partial charge in [0.25, 0.3) is 5.91 Å². The highest BCUT2D eigenvalue weighted by Crippen LogP contribution is 2.27. The van der Waals surface area contributed by atoms with E-state index in [2.05, 4.69) is 21.2 Å². The smallest absolute Gasteiger partial charge is 0.287 e. The van der Waals surface area contributed by atoms with E-state index in [0.717, 1.165) is 15.4 Å². The van der Waals surface area contributed by atoms with Crippen molar-refractivity contribution in [2.45, 2.75) is 6.92 Å². The molecule has 0 radical (unpaired) electrons. The summed E-state index contributed by atoms with van der Waals surface area (Å²) in [6.07, 6.45) is 0. The van der Waals surface area contributed by atoms with E-state index in [1.165, 1.54) is 0 Å². The highest BCUT2D eigenvalue weighted by Gasteiger charge is 2.17. The van der Waals surface area contributed by atoms with Crippen molar-refractivity contribution in [2.24, 2.45) is 0 Å². The van der Waals surface area contributed by atoms with Gasteiger partial charge in [-0.15, -0.1) is 0 Å². The number of rotatable bonds is 4. The Morgan fingerprint density at radius 3 is 3.00 bits per heavy atom. The van der Waals surface area contributed by atoms with Crippen molar-refractivity contribution in [3.63, 3.8) is 0 Å². The summed E-state index contributed by atoms with van der Waals surface area (Å²) < 4.78 is 11.4. The number of furan rings is 1. The van der Waals surface area contributed by atoms with E-state index in [9.17, 15) is 4.79 Å². The van der Waals surface area contributed by atoms with Crippen molar-refractivity contribution in [1.82, 2.24) is 5.32 Å². The fourth-order valence-electron chi connectivity index (χ4n) is 1.76. The van der Waals surface area contributed by atoms with E-state index in [4.69, 9.17) is 9.15 Å². The van der Waals surface area contributed by atoms with Gasteiger partial charge in [-0.1, -0.05) is 15.9 Å². The van der Waals surface area contributed by atoms with Crippen LogP contribution in [0.5, 0.6) is 0 Å². The van der Waals surface area contributed by atoms with Crippen LogP contribution in [0.4, 0.5) is 0 Å². The first-order valence-electron chi connectivity index (χ1n) is 5.59. The Hall–Kier alpha value is -1.33. The Kier molecular flexibility index (Phi) is 4.04. The van der Waals surface area contributed by atoms with Gasteiger partial charge in [-0.25, -0.2) is 0 Å². The van der Waals surface area contributed by atoms with Crippen molar-refractivity contribution in [2.75, 3.05) is 20.3 Å². The summed E-state index contributed by atoms with van der Waals surface area (Å²) in [4.78, 5) is 11.9. The van der Waals surface area contributed by atoms with Gasteiger partial charge in [0, 0.05) is 29.1 Å². The maximum atomic E-state index is 11.9. The third kappa shape index (κ3) is 2.57. The van der Waals surface area contributed by atoms with Crippen molar-refractivity contribution in [1.29, 1.82) is 0 Å². The number of fused-ring (bicyclic) bond motifs is 1. The highest BCUT2D eigenvalue weighted by atomic mass is 79.9. The zero-order valence-corrected chi connectivity index (χ0v) is 11.8. The molecule has 0 spiro atoms. The second-order valence-electron chi connectivity index (χ2n) is 3.95. The van der Waals surface area contributed by atoms with Gasteiger partial charge >= 0.3 is 0 Å². The van der Waals surface area contributed by atoms with Gasteiger partial charge in [0.05, 0.1) is 6.61 Å². The molecular weight excluding hydrogens is 298 g/mol. The van der Waals surface area contributed by atoms with Crippen molar-refractivity contribution in [3.8, 4) is 0 Å². The third-order valence-electron chi connectivity index (χ3n) is 2.70. The molecule has 1 N–H and O–H groups in total. The molecule has 1 amide bonds. The van der Waals surface area contributed by atoms with Crippen LogP contribution in [0.25, 0.3) is 11.0 Å². The van der Waals surface area contributed by atoms with Gasteiger partial charge in [-0.2, -0.15) is 0 Å². The minimum absolute atomic E-state index is 0.211. The van der Waals surface area contributed by atoms with Crippen molar-refractivity contribution >= 4 is 32.8 Å². The summed E-state index contributed by atoms with van der Waals surface area (Å²) in [6.45, 7) is 2.83. The molecule has 0 atom stereocenters. The Labute approximate surface area is 113 Å². The average Bonchev–Trinajstić information content (AvgIpc) is 2.66. The molecule has 2 aromatic rings. The minimum Gasteiger partial charge on any atom is -0.451 e. The predicted octanol–water partition coefficient (Wildman–Crippen LogP) is 2.88. The lowest BCUT2D eigenvalue weighted by molar-refractivity contribution is 0.0911. The van der Waals surface area contributed by atoms with Gasteiger partial charge in [-0.3, -0.25) is 4.79 Å². The summed E-state index contributed by atoms with van der Waals surface area (Å²) in [5.41, 5.74) is 1.56. The van der Waals surface area contributed by atoms with E-state index < -0.39 is 0 Å². The molecule has 1 heterocycles. The molecule has 0 saturated carbocycles. The van der Waals surface area contributed by atoms with Crippen molar-refractivity contribution in [3.05, 3.63) is 34.0 Å². The number of methoxy groups -OCH3 is 1. The molecular formula is C13H14BrNO3. The maximum absolute atomic E-state index is 11.9. The Bertz CT molecular complexity index is 577. The van der Waals surface area contributed by atoms with E-state index >= 15 is 0 Å². The van der Waals surface area contributed by atoms with Crippen LogP contribution < -0.4 is 5.32 Å². The molecule has 1 aromatic heterocycles. The van der Waals surface area contributed by atoms with Crippen LogP contribution in [-0.2, 0) is 4.74 Å². The summed E-state index contributed by atoms with van der Waals surface area (Å²) in [5, 5.41) is 3.70. The first-order chi connectivity index (χ1) is 8.63. The molecule has 0 unspecified atom stereocenters. The lowest BCUT2D eigenvalue weighted by atomic mass is 10.1. The van der Waals surface area contributed by atoms with E-state index in [0.29, 0.717) is 24.5 Å². The molecule has 0 aliphatic rings. The molecule has 0 fully saturated rings. The highest BCUT2D eigenvalue weighted by molar-refractivity contribution is 9.10. The van der Waals surface area contributed by atoms with Crippen LogP contribution in [0.15, 0.2) is 27.1 Å². The van der Waals surface area contributed by atoms with Gasteiger partial charge in [-0.05, 0) is 25.1 Å². The summed E-state index contributed by atoms with van der Waals surface area (Å²) in [6, 6.07) is 5.72. The number of aryl methyl sites for hydroxylation is 1. The number of halogens is 1. The second-order valence-corrected chi connectivity index (χ2v) is 4.86.